The number of rotatable bonds is 3. The first-order chi connectivity index (χ1) is 11.6. The summed E-state index contributed by atoms with van der Waals surface area (Å²) in [7, 11) is 0. The SMILES string of the molecule is CCNC(=O)C1(S)CCCN(C2CCN(C(=O)OC(C)(C)C)CC2)C1. The molecule has 0 aromatic rings. The second-order valence-corrected chi connectivity index (χ2v) is 9.02. The average Bonchev–Trinajstić information content (AvgIpc) is 2.54. The molecule has 2 heterocycles. The molecule has 2 fully saturated rings. The van der Waals surface area contributed by atoms with Gasteiger partial charge in [0.2, 0.25) is 5.91 Å². The number of amides is 2. The fourth-order valence-electron chi connectivity index (χ4n) is 3.63. The topological polar surface area (TPSA) is 61.9 Å². The van der Waals surface area contributed by atoms with Gasteiger partial charge in [-0.3, -0.25) is 9.69 Å². The Morgan fingerprint density at radius 1 is 1.24 bits per heavy atom. The van der Waals surface area contributed by atoms with Crippen LogP contribution in [-0.4, -0.2) is 70.9 Å². The summed E-state index contributed by atoms with van der Waals surface area (Å²) < 4.78 is 4.86. The number of nitrogens with one attached hydrogen (secondary N) is 1. The lowest BCUT2D eigenvalue weighted by atomic mass is 9.92. The zero-order chi connectivity index (χ0) is 18.7. The van der Waals surface area contributed by atoms with Crippen molar-refractivity contribution in [1.29, 1.82) is 0 Å². The molecule has 0 aromatic heterocycles. The van der Waals surface area contributed by atoms with Gasteiger partial charge in [0.1, 0.15) is 10.3 Å². The van der Waals surface area contributed by atoms with Crippen molar-refractivity contribution < 1.29 is 14.3 Å². The first-order valence-corrected chi connectivity index (χ1v) is 9.82. The number of nitrogens with zero attached hydrogens (tertiary/aromatic N) is 2. The molecule has 2 amide bonds. The first kappa shape index (κ1) is 20.4. The van der Waals surface area contributed by atoms with Crippen LogP contribution in [0.5, 0.6) is 0 Å². The van der Waals surface area contributed by atoms with Crippen LogP contribution in [0.15, 0.2) is 0 Å². The van der Waals surface area contributed by atoms with Crippen LogP contribution in [0.25, 0.3) is 0 Å². The Hall–Kier alpha value is -0.950. The van der Waals surface area contributed by atoms with Crippen LogP contribution in [0.4, 0.5) is 4.79 Å². The number of hydrogen-bond acceptors (Lipinski definition) is 5. The molecular weight excluding hydrogens is 338 g/mol. The average molecular weight is 372 g/mol. The molecule has 1 unspecified atom stereocenters. The molecule has 7 heteroatoms. The van der Waals surface area contributed by atoms with Crippen LogP contribution in [0.3, 0.4) is 0 Å². The van der Waals surface area contributed by atoms with Crippen molar-refractivity contribution >= 4 is 24.6 Å². The Balaban J connectivity index is 1.88. The largest absolute Gasteiger partial charge is 0.444 e. The first-order valence-electron chi connectivity index (χ1n) is 9.37. The predicted octanol–water partition coefficient (Wildman–Crippen LogP) is 2.29. The zero-order valence-electron chi connectivity index (χ0n) is 16.0. The monoisotopic (exact) mass is 371 g/mol. The van der Waals surface area contributed by atoms with E-state index in [9.17, 15) is 9.59 Å². The third kappa shape index (κ3) is 5.51. The summed E-state index contributed by atoms with van der Waals surface area (Å²) in [6, 6.07) is 0.403. The van der Waals surface area contributed by atoms with Crippen molar-refractivity contribution in [2.45, 2.75) is 69.8 Å². The van der Waals surface area contributed by atoms with E-state index in [-0.39, 0.29) is 12.0 Å². The van der Waals surface area contributed by atoms with Gasteiger partial charge >= 0.3 is 6.09 Å². The van der Waals surface area contributed by atoms with Crippen molar-refractivity contribution in [2.24, 2.45) is 0 Å². The van der Waals surface area contributed by atoms with E-state index in [0.717, 1.165) is 32.2 Å². The summed E-state index contributed by atoms with van der Waals surface area (Å²) in [6.07, 6.45) is 3.40. The molecule has 2 rings (SSSR count). The van der Waals surface area contributed by atoms with Crippen molar-refractivity contribution in [2.75, 3.05) is 32.7 Å². The van der Waals surface area contributed by atoms with Gasteiger partial charge in [-0.05, 0) is 59.9 Å². The minimum Gasteiger partial charge on any atom is -0.444 e. The molecule has 2 saturated heterocycles. The highest BCUT2D eigenvalue weighted by molar-refractivity contribution is 7.82. The number of hydrogen-bond donors (Lipinski definition) is 2. The van der Waals surface area contributed by atoms with Gasteiger partial charge in [0.15, 0.2) is 0 Å². The lowest BCUT2D eigenvalue weighted by molar-refractivity contribution is -0.125. The molecule has 1 N–H and O–H groups in total. The molecule has 1 atom stereocenters. The molecule has 0 radical (unpaired) electrons. The molecule has 2 aliphatic rings. The van der Waals surface area contributed by atoms with Crippen molar-refractivity contribution in [3.8, 4) is 0 Å². The molecule has 144 valence electrons. The van der Waals surface area contributed by atoms with Gasteiger partial charge in [0.25, 0.3) is 0 Å². The van der Waals surface area contributed by atoms with Crippen LogP contribution in [0.2, 0.25) is 0 Å². The van der Waals surface area contributed by atoms with Gasteiger partial charge in [0, 0.05) is 32.2 Å². The molecule has 25 heavy (non-hydrogen) atoms. The second kappa shape index (κ2) is 8.16. The number of thiol groups is 1. The lowest BCUT2D eigenvalue weighted by Gasteiger charge is -2.45. The van der Waals surface area contributed by atoms with E-state index in [2.05, 4.69) is 10.2 Å². The third-order valence-electron chi connectivity index (χ3n) is 4.89. The Morgan fingerprint density at radius 2 is 1.88 bits per heavy atom. The van der Waals surface area contributed by atoms with Crippen molar-refractivity contribution in [3.63, 3.8) is 0 Å². The van der Waals surface area contributed by atoms with E-state index in [1.54, 1.807) is 4.90 Å². The highest BCUT2D eigenvalue weighted by Gasteiger charge is 2.41. The van der Waals surface area contributed by atoms with Crippen molar-refractivity contribution in [1.82, 2.24) is 15.1 Å². The predicted molar refractivity (Wildman–Crippen MR) is 102 cm³/mol. The van der Waals surface area contributed by atoms with Crippen LogP contribution in [-0.2, 0) is 9.53 Å². The number of likely N-dealkylation sites (tertiary alicyclic amines) is 2. The van der Waals surface area contributed by atoms with Crippen LogP contribution in [0, 0.1) is 0 Å². The molecule has 0 spiro atoms. The molecule has 0 bridgehead atoms. The third-order valence-corrected chi connectivity index (χ3v) is 5.46. The zero-order valence-corrected chi connectivity index (χ0v) is 16.9. The second-order valence-electron chi connectivity index (χ2n) is 8.16. The highest BCUT2D eigenvalue weighted by Crippen LogP contribution is 2.31. The van der Waals surface area contributed by atoms with E-state index < -0.39 is 10.3 Å². The molecule has 0 aromatic carbocycles. The lowest BCUT2D eigenvalue weighted by Crippen LogP contribution is -2.57. The quantitative estimate of drug-likeness (QED) is 0.747. The van der Waals surface area contributed by atoms with E-state index in [4.69, 9.17) is 17.4 Å². The highest BCUT2D eigenvalue weighted by atomic mass is 32.1. The van der Waals surface area contributed by atoms with E-state index in [1.807, 2.05) is 27.7 Å². The fraction of sp³-hybridized carbons (Fsp3) is 0.889. The Labute approximate surface area is 157 Å². The van der Waals surface area contributed by atoms with Crippen LogP contribution >= 0.6 is 12.6 Å². The summed E-state index contributed by atoms with van der Waals surface area (Å²) in [4.78, 5) is 28.7. The van der Waals surface area contributed by atoms with Gasteiger partial charge in [-0.15, -0.1) is 0 Å². The summed E-state index contributed by atoms with van der Waals surface area (Å²) in [5, 5.41) is 2.91. The van der Waals surface area contributed by atoms with Gasteiger partial charge in [-0.1, -0.05) is 0 Å². The Kier molecular flexibility index (Phi) is 6.65. The Morgan fingerprint density at radius 3 is 2.44 bits per heavy atom. The minimum absolute atomic E-state index is 0.0363. The minimum atomic E-state index is -0.601. The summed E-state index contributed by atoms with van der Waals surface area (Å²) in [6.45, 7) is 11.3. The number of ether oxygens (including phenoxy) is 1. The van der Waals surface area contributed by atoms with Gasteiger partial charge in [-0.25, -0.2) is 4.79 Å². The summed E-state index contributed by atoms with van der Waals surface area (Å²) in [5.74, 6) is 0.0363. The molecule has 6 nitrogen and oxygen atoms in total. The van der Waals surface area contributed by atoms with Gasteiger partial charge in [0.05, 0.1) is 0 Å². The van der Waals surface area contributed by atoms with Crippen LogP contribution in [0.1, 0.15) is 53.4 Å². The number of carbonyl (C=O) groups excluding carboxylic acids is 2. The smallest absolute Gasteiger partial charge is 0.410 e. The molecular formula is C18H33N3O3S. The standard InChI is InChI=1S/C18H33N3O3S/c1-5-19-15(22)18(25)9-6-10-21(13-18)14-7-11-20(12-8-14)16(23)24-17(2,3)4/h14,25H,5-13H2,1-4H3,(H,19,22). The maximum atomic E-state index is 12.3. The Bertz CT molecular complexity index is 486. The van der Waals surface area contributed by atoms with E-state index >= 15 is 0 Å². The number of carbonyl (C=O) groups is 2. The number of piperidine rings is 2. The maximum absolute atomic E-state index is 12.3. The normalized spacial score (nSPS) is 26.4. The summed E-state index contributed by atoms with van der Waals surface area (Å²) >= 11 is 4.72. The van der Waals surface area contributed by atoms with E-state index in [1.165, 1.54) is 0 Å². The molecule has 2 aliphatic heterocycles. The van der Waals surface area contributed by atoms with Crippen molar-refractivity contribution in [3.05, 3.63) is 0 Å². The van der Waals surface area contributed by atoms with Gasteiger partial charge in [-0.2, -0.15) is 12.6 Å². The maximum Gasteiger partial charge on any atom is 0.410 e. The molecule has 0 saturated carbocycles. The van der Waals surface area contributed by atoms with Gasteiger partial charge < -0.3 is 15.0 Å². The van der Waals surface area contributed by atoms with E-state index in [0.29, 0.717) is 32.2 Å². The molecule has 0 aliphatic carbocycles. The summed E-state index contributed by atoms with van der Waals surface area (Å²) in [5.41, 5.74) is -0.459. The fourth-order valence-corrected chi connectivity index (χ4v) is 4.05. The van der Waals surface area contributed by atoms with Crippen LogP contribution < -0.4 is 5.32 Å².